The van der Waals surface area contributed by atoms with Crippen LogP contribution in [-0.4, -0.2) is 67.4 Å². The maximum atomic E-state index is 12.8. The van der Waals surface area contributed by atoms with Crippen molar-refractivity contribution >= 4 is 34.3 Å². The molecule has 204 valence electrons. The lowest BCUT2D eigenvalue weighted by Crippen LogP contribution is -2.43. The van der Waals surface area contributed by atoms with E-state index in [0.717, 1.165) is 5.75 Å². The van der Waals surface area contributed by atoms with E-state index in [1.165, 1.54) is 4.90 Å². The first-order valence-electron chi connectivity index (χ1n) is 12.7. The molecule has 0 bridgehead atoms. The van der Waals surface area contributed by atoms with E-state index < -0.39 is 29.8 Å². The molecule has 5 rings (SSSR count). The molecule has 0 spiro atoms. The molecule has 2 atom stereocenters. The molecule has 11 nitrogen and oxygen atoms in total. The van der Waals surface area contributed by atoms with Crippen molar-refractivity contribution in [1.29, 1.82) is 0 Å². The molecule has 0 saturated carbocycles. The maximum absolute atomic E-state index is 12.8. The molecule has 11 heteroatoms. The summed E-state index contributed by atoms with van der Waals surface area (Å²) >= 11 is 0. The highest BCUT2D eigenvalue weighted by Gasteiger charge is 2.43. The summed E-state index contributed by atoms with van der Waals surface area (Å²) in [6.07, 6.45) is 0.340. The summed E-state index contributed by atoms with van der Waals surface area (Å²) in [6.45, 7) is 9.08. The van der Waals surface area contributed by atoms with Crippen molar-refractivity contribution in [3.8, 4) is 23.0 Å². The third-order valence-electron chi connectivity index (χ3n) is 5.98. The predicted octanol–water partition coefficient (Wildman–Crippen LogP) is 5.07. The smallest absolute Gasteiger partial charge is 0.411 e. The highest BCUT2D eigenvalue weighted by atomic mass is 16.6. The summed E-state index contributed by atoms with van der Waals surface area (Å²) < 4.78 is 23.4. The molecular weight excluding hydrogens is 504 g/mol. The van der Waals surface area contributed by atoms with Gasteiger partial charge < -0.3 is 23.7 Å². The Bertz CT molecular complexity index is 1520. The van der Waals surface area contributed by atoms with Crippen molar-refractivity contribution in [1.82, 2.24) is 19.9 Å². The summed E-state index contributed by atoms with van der Waals surface area (Å²) in [7, 11) is 0. The van der Waals surface area contributed by atoms with Crippen molar-refractivity contribution in [2.75, 3.05) is 6.54 Å². The molecule has 4 aromatic rings. The summed E-state index contributed by atoms with van der Waals surface area (Å²) in [4.78, 5) is 39.7. The fourth-order valence-corrected chi connectivity index (χ4v) is 4.40. The number of hydrogen-bond acceptors (Lipinski definition) is 9. The lowest BCUT2D eigenvalue weighted by atomic mass is 10.2. The average molecular weight is 535 g/mol. The average Bonchev–Trinajstić information content (AvgIpc) is 3.45. The Morgan fingerprint density at radius 2 is 1.85 bits per heavy atom. The minimum absolute atomic E-state index is 0.00637. The van der Waals surface area contributed by atoms with Crippen LogP contribution in [0.2, 0.25) is 0 Å². The number of carbonyl (C=O) groups is 2. The summed E-state index contributed by atoms with van der Waals surface area (Å²) in [5.41, 5.74) is 1.75. The van der Waals surface area contributed by atoms with Gasteiger partial charge in [0.2, 0.25) is 5.58 Å². The first-order valence-corrected chi connectivity index (χ1v) is 12.7. The Labute approximate surface area is 224 Å². The molecule has 0 unspecified atom stereocenters. The molecule has 1 aliphatic heterocycles. The zero-order chi connectivity index (χ0) is 27.9. The van der Waals surface area contributed by atoms with Gasteiger partial charge in [-0.3, -0.25) is 9.88 Å². The van der Waals surface area contributed by atoms with Crippen LogP contribution in [0.4, 0.5) is 4.79 Å². The third-order valence-corrected chi connectivity index (χ3v) is 5.98. The van der Waals surface area contributed by atoms with E-state index in [1.807, 2.05) is 38.1 Å². The Morgan fingerprint density at radius 3 is 2.51 bits per heavy atom. The number of likely N-dealkylation sites (tertiary alicyclic amines) is 1. The van der Waals surface area contributed by atoms with Crippen LogP contribution in [0.3, 0.4) is 0 Å². The van der Waals surface area contributed by atoms with Crippen molar-refractivity contribution in [3.63, 3.8) is 0 Å². The van der Waals surface area contributed by atoms with Crippen LogP contribution in [0, 0.1) is 0 Å². The highest BCUT2D eigenvalue weighted by Crippen LogP contribution is 2.35. The van der Waals surface area contributed by atoms with Crippen molar-refractivity contribution in [2.45, 2.75) is 64.9 Å². The Morgan fingerprint density at radius 1 is 1.10 bits per heavy atom. The van der Waals surface area contributed by atoms with Gasteiger partial charge in [-0.15, -0.1) is 0 Å². The molecular formula is C28H30N4O7. The van der Waals surface area contributed by atoms with Gasteiger partial charge in [0.25, 0.3) is 5.88 Å². The number of carboxylic acid groups (broad SMARTS) is 1. The second-order valence-electron chi connectivity index (χ2n) is 10.6. The Kier molecular flexibility index (Phi) is 6.75. The molecule has 1 fully saturated rings. The van der Waals surface area contributed by atoms with E-state index >= 15 is 0 Å². The van der Waals surface area contributed by atoms with Gasteiger partial charge in [-0.2, -0.15) is 4.98 Å². The second kappa shape index (κ2) is 10.0. The number of carboxylic acids is 1. The number of carbonyl (C=O) groups excluding carboxylic acids is 1. The summed E-state index contributed by atoms with van der Waals surface area (Å²) in [6, 6.07) is 9.78. The van der Waals surface area contributed by atoms with Crippen molar-refractivity contribution < 1.29 is 33.3 Å². The molecule has 1 aliphatic rings. The van der Waals surface area contributed by atoms with E-state index in [-0.39, 0.29) is 30.5 Å². The number of furan rings is 1. The van der Waals surface area contributed by atoms with Gasteiger partial charge >= 0.3 is 12.1 Å². The number of nitrogens with zero attached hydrogens (tertiary/aromatic N) is 4. The summed E-state index contributed by atoms with van der Waals surface area (Å²) in [5, 5.41) is 9.78. The fraction of sp³-hybridized carbons (Fsp3) is 0.393. The lowest BCUT2D eigenvalue weighted by Gasteiger charge is -2.26. The Balaban J connectivity index is 1.51. The SMILES string of the molecule is CC(C)Oc1ccc(-c2nc(O[C@@H]3C[C@@H](C(=O)O)N(C(=O)OC(C)(C)C)C3)c3oc4cccnc4c3n2)cc1. The zero-order valence-electron chi connectivity index (χ0n) is 22.4. The first-order chi connectivity index (χ1) is 18.5. The topological polar surface area (TPSA) is 137 Å². The van der Waals surface area contributed by atoms with Gasteiger partial charge in [0.15, 0.2) is 11.4 Å². The Hall–Kier alpha value is -4.41. The van der Waals surface area contributed by atoms with Crippen LogP contribution in [0.5, 0.6) is 11.6 Å². The van der Waals surface area contributed by atoms with Gasteiger partial charge in [0.05, 0.1) is 12.6 Å². The van der Waals surface area contributed by atoms with Crippen molar-refractivity contribution in [2.24, 2.45) is 0 Å². The van der Waals surface area contributed by atoms with Crippen LogP contribution in [0.15, 0.2) is 47.0 Å². The number of rotatable bonds is 6. The van der Waals surface area contributed by atoms with E-state index in [1.54, 1.807) is 39.1 Å². The van der Waals surface area contributed by atoms with Gasteiger partial charge in [0, 0.05) is 18.2 Å². The number of ether oxygens (including phenoxy) is 3. The van der Waals surface area contributed by atoms with Crippen molar-refractivity contribution in [3.05, 3.63) is 42.6 Å². The van der Waals surface area contributed by atoms with Crippen LogP contribution in [0.1, 0.15) is 41.0 Å². The standard InChI is InChI=1S/C28H30N4O7/c1-15(2)36-17-10-8-16(9-11-17)24-30-22-21-20(7-6-12-29-21)38-23(22)25(31-24)37-18-13-19(26(33)34)32(14-18)27(35)39-28(3,4)5/h6-12,15,18-19H,13-14H2,1-5H3,(H,33,34)/t18-,19+/m1/s1. The number of aromatic nitrogens is 3. The quantitative estimate of drug-likeness (QED) is 0.357. The van der Waals surface area contributed by atoms with E-state index in [9.17, 15) is 14.7 Å². The summed E-state index contributed by atoms with van der Waals surface area (Å²) in [5.74, 6) is 0.0844. The van der Waals surface area contributed by atoms with E-state index in [4.69, 9.17) is 23.6 Å². The normalized spacial score (nSPS) is 17.6. The number of fused-ring (bicyclic) bond motifs is 3. The van der Waals surface area contributed by atoms with Crippen LogP contribution in [0.25, 0.3) is 33.6 Å². The van der Waals surface area contributed by atoms with E-state index in [2.05, 4.69) is 9.97 Å². The lowest BCUT2D eigenvalue weighted by molar-refractivity contribution is -0.142. The first kappa shape index (κ1) is 26.2. The van der Waals surface area contributed by atoms with Gasteiger partial charge in [-0.1, -0.05) is 0 Å². The van der Waals surface area contributed by atoms with E-state index in [0.29, 0.717) is 28.0 Å². The van der Waals surface area contributed by atoms with Crippen LogP contribution in [-0.2, 0) is 9.53 Å². The second-order valence-corrected chi connectivity index (χ2v) is 10.6. The predicted molar refractivity (Wildman–Crippen MR) is 142 cm³/mol. The fourth-order valence-electron chi connectivity index (χ4n) is 4.40. The number of benzene rings is 1. The molecule has 4 heterocycles. The van der Waals surface area contributed by atoms with Gasteiger partial charge in [0.1, 0.15) is 34.5 Å². The number of hydrogen-bond donors (Lipinski definition) is 1. The molecule has 0 radical (unpaired) electrons. The number of amides is 1. The molecule has 3 aromatic heterocycles. The van der Waals surface area contributed by atoms with Crippen LogP contribution >= 0.6 is 0 Å². The highest BCUT2D eigenvalue weighted by molar-refractivity contribution is 6.01. The molecule has 1 N–H and O–H groups in total. The number of pyridine rings is 1. The number of aliphatic carboxylic acids is 1. The zero-order valence-corrected chi connectivity index (χ0v) is 22.4. The maximum Gasteiger partial charge on any atom is 0.411 e. The minimum Gasteiger partial charge on any atom is -0.491 e. The monoisotopic (exact) mass is 534 g/mol. The molecule has 0 aliphatic carbocycles. The molecule has 1 saturated heterocycles. The molecule has 1 aromatic carbocycles. The largest absolute Gasteiger partial charge is 0.491 e. The van der Waals surface area contributed by atoms with Crippen LogP contribution < -0.4 is 9.47 Å². The molecule has 39 heavy (non-hydrogen) atoms. The van der Waals surface area contributed by atoms with Gasteiger partial charge in [-0.05, 0) is 71.0 Å². The van der Waals surface area contributed by atoms with Gasteiger partial charge in [-0.25, -0.2) is 14.6 Å². The minimum atomic E-state index is -1.14. The third kappa shape index (κ3) is 5.57. The molecule has 1 amide bonds.